The molecule has 0 radical (unpaired) electrons. The summed E-state index contributed by atoms with van der Waals surface area (Å²) in [6.45, 7) is 2.93. The number of ether oxygens (including phenoxy) is 1. The van der Waals surface area contributed by atoms with Gasteiger partial charge in [-0.1, -0.05) is 12.1 Å². The van der Waals surface area contributed by atoms with Gasteiger partial charge in [0.2, 0.25) is 6.79 Å². The minimum Gasteiger partial charge on any atom is -0.570 e. The summed E-state index contributed by atoms with van der Waals surface area (Å²) in [5, 5.41) is 23.9. The Bertz CT molecular complexity index is 461. The zero-order chi connectivity index (χ0) is 14.3. The largest absolute Gasteiger partial charge is 0.570 e. The first-order chi connectivity index (χ1) is 9.00. The van der Waals surface area contributed by atoms with Gasteiger partial charge in [0.15, 0.2) is 0 Å². The molecule has 0 amide bonds. The van der Waals surface area contributed by atoms with Crippen LogP contribution >= 0.6 is 0 Å². The van der Waals surface area contributed by atoms with Crippen LogP contribution in [0.2, 0.25) is 0 Å². The Balaban J connectivity index is 2.34. The van der Waals surface area contributed by atoms with Gasteiger partial charge in [-0.15, -0.1) is 0 Å². The lowest BCUT2D eigenvalue weighted by atomic mass is 10.2. The van der Waals surface area contributed by atoms with Gasteiger partial charge in [-0.3, -0.25) is 0 Å². The molecule has 8 heteroatoms. The summed E-state index contributed by atoms with van der Waals surface area (Å²) in [5.74, 6) is -0.959. The smallest absolute Gasteiger partial charge is 0.344 e. The summed E-state index contributed by atoms with van der Waals surface area (Å²) in [4.78, 5) is 16.2. The minimum atomic E-state index is -0.766. The number of hydrogen-bond acceptors (Lipinski definition) is 6. The normalized spacial score (nSPS) is 11.4. The predicted octanol–water partition coefficient (Wildman–Crippen LogP) is 1.31. The molecule has 0 unspecified atom stereocenters. The number of esters is 1. The summed E-state index contributed by atoms with van der Waals surface area (Å²) in [6.07, 6.45) is 0. The van der Waals surface area contributed by atoms with Crippen LogP contribution in [-0.4, -0.2) is 28.9 Å². The van der Waals surface area contributed by atoms with E-state index in [4.69, 9.17) is 0 Å². The lowest BCUT2D eigenvalue weighted by Crippen LogP contribution is -2.26. The average molecular weight is 269 g/mol. The van der Waals surface area contributed by atoms with Gasteiger partial charge in [-0.05, 0) is 31.6 Å². The van der Waals surface area contributed by atoms with Crippen molar-refractivity contribution in [1.82, 2.24) is 5.59 Å². The van der Waals surface area contributed by atoms with E-state index < -0.39 is 12.8 Å². The third-order valence-corrected chi connectivity index (χ3v) is 1.85. The Morgan fingerprint density at radius 2 is 2.21 bits per heavy atom. The molecule has 0 spiro atoms. The van der Waals surface area contributed by atoms with Crippen molar-refractivity contribution in [2.75, 3.05) is 6.79 Å². The molecule has 0 saturated carbocycles. The van der Waals surface area contributed by atoms with E-state index in [0.717, 1.165) is 0 Å². The Morgan fingerprint density at radius 3 is 2.84 bits per heavy atom. The highest BCUT2D eigenvalue weighted by molar-refractivity contribution is 5.92. The number of nitrogens with one attached hydrogen (secondary N) is 1. The van der Waals surface area contributed by atoms with Gasteiger partial charge < -0.3 is 15.1 Å². The molecule has 0 bridgehead atoms. The van der Waals surface area contributed by atoms with Crippen LogP contribution in [0.5, 0.6) is 5.75 Å². The van der Waals surface area contributed by atoms with Crippen LogP contribution in [0.25, 0.3) is 0 Å². The Labute approximate surface area is 109 Å². The van der Waals surface area contributed by atoms with Crippen molar-refractivity contribution in [3.05, 3.63) is 35.0 Å². The van der Waals surface area contributed by atoms with E-state index in [0.29, 0.717) is 0 Å². The van der Waals surface area contributed by atoms with Crippen LogP contribution in [0.1, 0.15) is 24.2 Å². The quantitative estimate of drug-likeness (QED) is 0.201. The van der Waals surface area contributed by atoms with E-state index in [-0.39, 0.29) is 22.3 Å². The summed E-state index contributed by atoms with van der Waals surface area (Å²) < 4.78 is 4.67. The molecule has 19 heavy (non-hydrogen) atoms. The third-order valence-electron chi connectivity index (χ3n) is 1.85. The first kappa shape index (κ1) is 14.7. The number of benzene rings is 1. The summed E-state index contributed by atoms with van der Waals surface area (Å²) >= 11 is 0. The molecule has 0 aromatic heterocycles. The number of phenolic OH excluding ortho intramolecular Hbond substituents is 1. The monoisotopic (exact) mass is 269 g/mol. The molecule has 0 atom stereocenters. The number of aromatic hydroxyl groups is 1. The molecule has 0 aliphatic rings. The van der Waals surface area contributed by atoms with Crippen LogP contribution < -0.4 is 5.59 Å². The molecule has 1 rings (SSSR count). The fraction of sp³-hybridized carbons (Fsp3) is 0.364. The molecule has 0 saturated heterocycles. The number of phenols is 1. The fourth-order valence-corrected chi connectivity index (χ4v) is 1.12. The number of hydrogen-bond donors (Lipinski definition) is 2. The van der Waals surface area contributed by atoms with Crippen LogP contribution in [0.15, 0.2) is 29.4 Å². The SMILES string of the molecule is CC(C)N=[N+]([O-])NOCOC(=O)c1ccccc1O. The number of rotatable bonds is 6. The molecule has 0 heterocycles. The van der Waals surface area contributed by atoms with Gasteiger partial charge in [0.05, 0.1) is 4.97 Å². The Kier molecular flexibility index (Phi) is 5.55. The van der Waals surface area contributed by atoms with Crippen LogP contribution in [0.3, 0.4) is 0 Å². The number of carbonyl (C=O) groups excluding carboxylic acids is 1. The van der Waals surface area contributed by atoms with Gasteiger partial charge in [0, 0.05) is 5.11 Å². The highest BCUT2D eigenvalue weighted by Crippen LogP contribution is 2.16. The second-order valence-electron chi connectivity index (χ2n) is 3.78. The average Bonchev–Trinajstić information content (AvgIpc) is 2.34. The second-order valence-corrected chi connectivity index (χ2v) is 3.78. The minimum absolute atomic E-state index is 0.0111. The van der Waals surface area contributed by atoms with Crippen molar-refractivity contribution in [2.45, 2.75) is 19.9 Å². The molecule has 0 aliphatic carbocycles. The van der Waals surface area contributed by atoms with E-state index in [2.05, 4.69) is 14.7 Å². The summed E-state index contributed by atoms with van der Waals surface area (Å²) in [7, 11) is 0. The number of carbonyl (C=O) groups is 1. The van der Waals surface area contributed by atoms with Crippen LogP contribution in [0.4, 0.5) is 0 Å². The van der Waals surface area contributed by atoms with Gasteiger partial charge in [-0.2, -0.15) is 4.84 Å². The Hall–Kier alpha value is -2.35. The van der Waals surface area contributed by atoms with Gasteiger partial charge in [0.1, 0.15) is 17.4 Å². The topological polar surface area (TPSA) is 106 Å². The second kappa shape index (κ2) is 7.17. The van der Waals surface area contributed by atoms with Crippen molar-refractivity contribution >= 4 is 5.97 Å². The van der Waals surface area contributed by atoms with Crippen molar-refractivity contribution in [3.8, 4) is 5.75 Å². The maximum atomic E-state index is 11.5. The van der Waals surface area contributed by atoms with E-state index in [1.54, 1.807) is 26.0 Å². The number of para-hydroxylation sites is 1. The van der Waals surface area contributed by atoms with E-state index in [9.17, 15) is 15.1 Å². The first-order valence-corrected chi connectivity index (χ1v) is 5.51. The molecule has 2 N–H and O–H groups in total. The maximum absolute atomic E-state index is 11.5. The molecule has 1 aromatic rings. The van der Waals surface area contributed by atoms with Crippen LogP contribution in [0, 0.1) is 5.21 Å². The number of hydrazine groups is 1. The maximum Gasteiger partial charge on any atom is 0.344 e. The van der Waals surface area contributed by atoms with E-state index >= 15 is 0 Å². The summed E-state index contributed by atoms with van der Waals surface area (Å²) in [5.41, 5.74) is 1.92. The first-order valence-electron chi connectivity index (χ1n) is 5.51. The molecule has 8 nitrogen and oxygen atoms in total. The predicted molar refractivity (Wildman–Crippen MR) is 63.8 cm³/mol. The highest BCUT2D eigenvalue weighted by Gasteiger charge is 2.11. The molecular weight excluding hydrogens is 254 g/mol. The van der Waals surface area contributed by atoms with Crippen molar-refractivity contribution in [1.29, 1.82) is 0 Å². The van der Waals surface area contributed by atoms with E-state index in [1.807, 2.05) is 5.59 Å². The Morgan fingerprint density at radius 1 is 1.53 bits per heavy atom. The van der Waals surface area contributed by atoms with Gasteiger partial charge in [0.25, 0.3) is 0 Å². The van der Waals surface area contributed by atoms with Gasteiger partial charge >= 0.3 is 5.97 Å². The molecule has 0 fully saturated rings. The van der Waals surface area contributed by atoms with Gasteiger partial charge in [-0.25, -0.2) is 4.79 Å². The molecule has 0 aliphatic heterocycles. The third kappa shape index (κ3) is 5.21. The standard InChI is InChI=1S/C11H15N3O5/c1-8(2)12-14(17)13-19-7-18-11(16)9-5-3-4-6-10(9)15/h3-6,8,15H,7H2,1-2H3,(H,12,13). The van der Waals surface area contributed by atoms with E-state index in [1.165, 1.54) is 12.1 Å². The van der Waals surface area contributed by atoms with Crippen LogP contribution in [-0.2, 0) is 9.57 Å². The van der Waals surface area contributed by atoms with Crippen molar-refractivity contribution < 1.29 is 24.4 Å². The summed E-state index contributed by atoms with van der Waals surface area (Å²) in [6, 6.07) is 5.72. The van der Waals surface area contributed by atoms with Crippen molar-refractivity contribution in [3.63, 3.8) is 0 Å². The lowest BCUT2D eigenvalue weighted by molar-refractivity contribution is -0.650. The highest BCUT2D eigenvalue weighted by atomic mass is 16.8. The zero-order valence-corrected chi connectivity index (χ0v) is 10.6. The lowest BCUT2D eigenvalue weighted by Gasteiger charge is -2.06. The molecular formula is C11H15N3O5. The zero-order valence-electron chi connectivity index (χ0n) is 10.6. The molecule has 1 aromatic carbocycles. The molecule has 104 valence electrons. The van der Waals surface area contributed by atoms with Crippen molar-refractivity contribution in [2.24, 2.45) is 5.11 Å². The number of nitrogens with zero attached hydrogens (tertiary/aromatic N) is 2. The fourth-order valence-electron chi connectivity index (χ4n) is 1.12.